The summed E-state index contributed by atoms with van der Waals surface area (Å²) in [5.74, 6) is 2.36. The van der Waals surface area contributed by atoms with Gasteiger partial charge in [-0.1, -0.05) is 6.92 Å². The van der Waals surface area contributed by atoms with Crippen molar-refractivity contribution < 1.29 is 14.2 Å². The molecule has 1 atom stereocenters. The molecule has 1 saturated heterocycles. The van der Waals surface area contributed by atoms with Crippen LogP contribution in [0.1, 0.15) is 57.9 Å². The van der Waals surface area contributed by atoms with Gasteiger partial charge >= 0.3 is 0 Å². The second-order valence-corrected chi connectivity index (χ2v) is 8.33. The van der Waals surface area contributed by atoms with Crippen molar-refractivity contribution in [3.05, 3.63) is 23.9 Å². The van der Waals surface area contributed by atoms with Crippen molar-refractivity contribution in [2.75, 3.05) is 32.9 Å². The molecule has 1 aromatic heterocycles. The molecule has 0 spiro atoms. The fraction of sp³-hybridized carbons (Fsp3) is 0.739. The molecule has 1 aliphatic heterocycles. The topological polar surface area (TPSA) is 77.0 Å². The second kappa shape index (κ2) is 12.7. The molecular weight excluding hydrogens is 380 g/mol. The highest BCUT2D eigenvalue weighted by Crippen LogP contribution is 2.26. The molecule has 0 aromatic carbocycles. The molecule has 0 bridgehead atoms. The monoisotopic (exact) mass is 418 g/mol. The minimum Gasteiger partial charge on any atom is -0.474 e. The SMILES string of the molecule is CCNC(=NCc1ccnc(OC2CCC(C)CC2)c1)NCCCOC1CCOC1. The lowest BCUT2D eigenvalue weighted by molar-refractivity contribution is 0.0420. The number of hydrogen-bond acceptors (Lipinski definition) is 5. The Morgan fingerprint density at radius 2 is 2.07 bits per heavy atom. The first-order chi connectivity index (χ1) is 14.7. The van der Waals surface area contributed by atoms with E-state index in [0.717, 1.165) is 76.0 Å². The average molecular weight is 419 g/mol. The quantitative estimate of drug-likeness (QED) is 0.345. The Morgan fingerprint density at radius 3 is 2.83 bits per heavy atom. The van der Waals surface area contributed by atoms with Gasteiger partial charge in [-0.15, -0.1) is 0 Å². The van der Waals surface area contributed by atoms with Gasteiger partial charge in [-0.3, -0.25) is 0 Å². The third kappa shape index (κ3) is 8.11. The predicted molar refractivity (Wildman–Crippen MR) is 119 cm³/mol. The summed E-state index contributed by atoms with van der Waals surface area (Å²) in [6, 6.07) is 4.02. The van der Waals surface area contributed by atoms with Gasteiger partial charge in [-0.2, -0.15) is 0 Å². The molecule has 2 aliphatic rings. The molecular formula is C23H38N4O3. The van der Waals surface area contributed by atoms with E-state index >= 15 is 0 Å². The summed E-state index contributed by atoms with van der Waals surface area (Å²) in [5, 5.41) is 6.68. The fourth-order valence-electron chi connectivity index (χ4n) is 3.82. The summed E-state index contributed by atoms with van der Waals surface area (Å²) in [7, 11) is 0. The first kappa shape index (κ1) is 22.8. The minimum absolute atomic E-state index is 0.270. The van der Waals surface area contributed by atoms with Crippen LogP contribution >= 0.6 is 0 Å². The van der Waals surface area contributed by atoms with E-state index in [0.29, 0.717) is 18.5 Å². The van der Waals surface area contributed by atoms with E-state index in [1.165, 1.54) is 12.8 Å². The van der Waals surface area contributed by atoms with Crippen molar-refractivity contribution in [2.45, 2.75) is 71.1 Å². The molecule has 7 heteroatoms. The van der Waals surface area contributed by atoms with Crippen molar-refractivity contribution in [3.8, 4) is 5.88 Å². The number of nitrogens with one attached hydrogen (secondary N) is 2. The molecule has 168 valence electrons. The molecule has 1 aliphatic carbocycles. The van der Waals surface area contributed by atoms with Gasteiger partial charge in [0.1, 0.15) is 6.10 Å². The third-order valence-electron chi connectivity index (χ3n) is 5.67. The van der Waals surface area contributed by atoms with Crippen LogP contribution in [0.4, 0.5) is 0 Å². The van der Waals surface area contributed by atoms with Gasteiger partial charge < -0.3 is 24.8 Å². The largest absolute Gasteiger partial charge is 0.474 e. The van der Waals surface area contributed by atoms with Gasteiger partial charge in [0, 0.05) is 38.6 Å². The van der Waals surface area contributed by atoms with Gasteiger partial charge in [0.25, 0.3) is 0 Å². The van der Waals surface area contributed by atoms with Crippen LogP contribution in [-0.4, -0.2) is 56.1 Å². The molecule has 2 heterocycles. The zero-order valence-electron chi connectivity index (χ0n) is 18.6. The summed E-state index contributed by atoms with van der Waals surface area (Å²) in [4.78, 5) is 9.10. The molecule has 1 aromatic rings. The fourth-order valence-corrected chi connectivity index (χ4v) is 3.82. The van der Waals surface area contributed by atoms with Gasteiger partial charge in [0.2, 0.25) is 5.88 Å². The van der Waals surface area contributed by atoms with E-state index in [1.54, 1.807) is 0 Å². The molecule has 30 heavy (non-hydrogen) atoms. The van der Waals surface area contributed by atoms with Crippen LogP contribution in [0, 0.1) is 5.92 Å². The zero-order valence-corrected chi connectivity index (χ0v) is 18.6. The molecule has 0 amide bonds. The Balaban J connectivity index is 1.41. The summed E-state index contributed by atoms with van der Waals surface area (Å²) >= 11 is 0. The Hall–Kier alpha value is -1.86. The van der Waals surface area contributed by atoms with Crippen LogP contribution in [0.15, 0.2) is 23.3 Å². The van der Waals surface area contributed by atoms with Crippen molar-refractivity contribution in [1.82, 2.24) is 15.6 Å². The normalized spacial score (nSPS) is 24.6. The lowest BCUT2D eigenvalue weighted by Crippen LogP contribution is -2.38. The maximum Gasteiger partial charge on any atom is 0.213 e. The number of ether oxygens (including phenoxy) is 3. The van der Waals surface area contributed by atoms with Gasteiger partial charge in [-0.25, -0.2) is 9.98 Å². The molecule has 0 radical (unpaired) electrons. The van der Waals surface area contributed by atoms with Crippen LogP contribution in [0.3, 0.4) is 0 Å². The van der Waals surface area contributed by atoms with Crippen LogP contribution in [0.2, 0.25) is 0 Å². The number of hydrogen-bond donors (Lipinski definition) is 2. The van der Waals surface area contributed by atoms with Gasteiger partial charge in [0.15, 0.2) is 5.96 Å². The maximum atomic E-state index is 6.12. The third-order valence-corrected chi connectivity index (χ3v) is 5.67. The smallest absolute Gasteiger partial charge is 0.213 e. The van der Waals surface area contributed by atoms with Gasteiger partial charge in [0.05, 0.1) is 19.3 Å². The van der Waals surface area contributed by atoms with E-state index in [9.17, 15) is 0 Å². The highest BCUT2D eigenvalue weighted by atomic mass is 16.5. The lowest BCUT2D eigenvalue weighted by atomic mass is 9.89. The summed E-state index contributed by atoms with van der Waals surface area (Å²) in [5.41, 5.74) is 1.10. The molecule has 2 N–H and O–H groups in total. The van der Waals surface area contributed by atoms with Crippen LogP contribution < -0.4 is 15.4 Å². The number of nitrogens with zero attached hydrogens (tertiary/aromatic N) is 2. The number of aromatic nitrogens is 1. The Kier molecular flexibility index (Phi) is 9.70. The highest BCUT2D eigenvalue weighted by Gasteiger charge is 2.20. The molecule has 3 rings (SSSR count). The number of guanidine groups is 1. The first-order valence-corrected chi connectivity index (χ1v) is 11.6. The Bertz CT molecular complexity index is 641. The molecule has 1 unspecified atom stereocenters. The average Bonchev–Trinajstić information content (AvgIpc) is 3.27. The first-order valence-electron chi connectivity index (χ1n) is 11.6. The Labute approximate surface area is 181 Å². The summed E-state index contributed by atoms with van der Waals surface area (Å²) in [6.45, 7) is 8.93. The molecule has 2 fully saturated rings. The van der Waals surface area contributed by atoms with Gasteiger partial charge in [-0.05, 0) is 63.0 Å². The van der Waals surface area contributed by atoms with Crippen molar-refractivity contribution in [1.29, 1.82) is 0 Å². The lowest BCUT2D eigenvalue weighted by Gasteiger charge is -2.26. The predicted octanol–water partition coefficient (Wildman–Crippen LogP) is 3.29. The number of rotatable bonds is 10. The summed E-state index contributed by atoms with van der Waals surface area (Å²) < 4.78 is 17.3. The van der Waals surface area contributed by atoms with Crippen LogP contribution in [0.5, 0.6) is 5.88 Å². The molecule has 7 nitrogen and oxygen atoms in total. The Morgan fingerprint density at radius 1 is 1.20 bits per heavy atom. The number of aliphatic imine (C=N–C) groups is 1. The maximum absolute atomic E-state index is 6.12. The zero-order chi connectivity index (χ0) is 21.0. The number of pyridine rings is 1. The van der Waals surface area contributed by atoms with Crippen LogP contribution in [0.25, 0.3) is 0 Å². The van der Waals surface area contributed by atoms with Crippen molar-refractivity contribution in [2.24, 2.45) is 10.9 Å². The van der Waals surface area contributed by atoms with Crippen molar-refractivity contribution in [3.63, 3.8) is 0 Å². The molecule has 1 saturated carbocycles. The van der Waals surface area contributed by atoms with Crippen molar-refractivity contribution >= 4 is 5.96 Å². The van der Waals surface area contributed by atoms with Crippen LogP contribution in [-0.2, 0) is 16.0 Å². The highest BCUT2D eigenvalue weighted by molar-refractivity contribution is 5.79. The second-order valence-electron chi connectivity index (χ2n) is 8.33. The van der Waals surface area contributed by atoms with E-state index in [4.69, 9.17) is 19.2 Å². The van der Waals surface area contributed by atoms with E-state index in [2.05, 4.69) is 29.5 Å². The van der Waals surface area contributed by atoms with E-state index in [-0.39, 0.29) is 6.10 Å². The minimum atomic E-state index is 0.270. The standard InChI is InChI=1S/C23H38N4O3/c1-3-24-23(26-11-4-13-29-21-10-14-28-17-21)27-16-19-9-12-25-22(15-19)30-20-7-5-18(2)6-8-20/h9,12,15,18,20-21H,3-8,10-11,13-14,16-17H2,1-2H3,(H2,24,26,27). The van der Waals surface area contributed by atoms with E-state index < -0.39 is 0 Å². The van der Waals surface area contributed by atoms with E-state index in [1.807, 2.05) is 18.3 Å². The summed E-state index contributed by atoms with van der Waals surface area (Å²) in [6.07, 6.45) is 9.06.